The Balaban J connectivity index is 1.89. The molecule has 0 aliphatic heterocycles. The molecule has 4 nitrogen and oxygen atoms in total. The van der Waals surface area contributed by atoms with Gasteiger partial charge in [0.1, 0.15) is 5.75 Å². The fraction of sp³-hybridized carbons (Fsp3) is 0.318. The molecule has 0 saturated heterocycles. The average molecular weight is 350 g/mol. The highest BCUT2D eigenvalue weighted by atomic mass is 16.5. The number of fused-ring (bicyclic) bond motifs is 1. The first-order valence-electron chi connectivity index (χ1n) is 9.19. The summed E-state index contributed by atoms with van der Waals surface area (Å²) < 4.78 is 5.28. The first-order valence-corrected chi connectivity index (χ1v) is 9.19. The van der Waals surface area contributed by atoms with E-state index in [0.717, 1.165) is 29.7 Å². The summed E-state index contributed by atoms with van der Waals surface area (Å²) in [6.45, 7) is 2.68. The van der Waals surface area contributed by atoms with E-state index >= 15 is 0 Å². The number of para-hydroxylation sites is 1. The van der Waals surface area contributed by atoms with Gasteiger partial charge < -0.3 is 15.0 Å². The molecule has 1 heterocycles. The molecule has 3 aromatic rings. The third-order valence-electron chi connectivity index (χ3n) is 4.78. The number of nitrogens with one attached hydrogen (secondary N) is 2. The third kappa shape index (κ3) is 4.07. The van der Waals surface area contributed by atoms with Gasteiger partial charge in [0.2, 0.25) is 5.91 Å². The van der Waals surface area contributed by atoms with Crippen LogP contribution in [-0.2, 0) is 4.79 Å². The molecule has 26 heavy (non-hydrogen) atoms. The molecule has 0 spiro atoms. The highest BCUT2D eigenvalue weighted by molar-refractivity contribution is 5.84. The molecular formula is C22H26N2O2. The number of benzene rings is 2. The van der Waals surface area contributed by atoms with Crippen molar-refractivity contribution in [3.8, 4) is 5.75 Å². The van der Waals surface area contributed by atoms with E-state index < -0.39 is 0 Å². The summed E-state index contributed by atoms with van der Waals surface area (Å²) in [5.74, 6) is 1.03. The maximum Gasteiger partial charge on any atom is 0.220 e. The Bertz CT molecular complexity index is 852. The van der Waals surface area contributed by atoms with Gasteiger partial charge in [0.25, 0.3) is 0 Å². The van der Waals surface area contributed by atoms with Crippen molar-refractivity contribution < 1.29 is 9.53 Å². The second kappa shape index (κ2) is 8.56. The van der Waals surface area contributed by atoms with Crippen LogP contribution in [0.3, 0.4) is 0 Å². The number of unbranched alkanes of at least 4 members (excludes halogenated alkanes) is 1. The molecule has 136 valence electrons. The average Bonchev–Trinajstić information content (AvgIpc) is 3.11. The number of carbonyl (C=O) groups is 1. The van der Waals surface area contributed by atoms with Crippen molar-refractivity contribution in [1.29, 1.82) is 0 Å². The van der Waals surface area contributed by atoms with Crippen molar-refractivity contribution in [2.75, 3.05) is 13.7 Å². The molecule has 1 amide bonds. The smallest absolute Gasteiger partial charge is 0.220 e. The summed E-state index contributed by atoms with van der Waals surface area (Å²) >= 11 is 0. The van der Waals surface area contributed by atoms with Crippen LogP contribution in [0.25, 0.3) is 10.9 Å². The zero-order chi connectivity index (χ0) is 18.4. The molecule has 0 aliphatic carbocycles. The van der Waals surface area contributed by atoms with Gasteiger partial charge in [-0.15, -0.1) is 0 Å². The van der Waals surface area contributed by atoms with Crippen LogP contribution in [0.1, 0.15) is 43.2 Å². The molecule has 0 radical (unpaired) electrons. The number of amides is 1. The zero-order valence-electron chi connectivity index (χ0n) is 15.4. The standard InChI is InChI=1S/C22H26N2O2/c1-3-4-9-22(25)24-14-19(16-10-12-17(26-2)13-11-16)20-15-23-21-8-6-5-7-18(20)21/h5-8,10-13,15,19,23H,3-4,9,14H2,1-2H3,(H,24,25). The van der Waals surface area contributed by atoms with Gasteiger partial charge in [-0.3, -0.25) is 4.79 Å². The van der Waals surface area contributed by atoms with Crippen molar-refractivity contribution in [2.45, 2.75) is 32.1 Å². The summed E-state index contributed by atoms with van der Waals surface area (Å²) in [6.07, 6.45) is 4.58. The van der Waals surface area contributed by atoms with Gasteiger partial charge in [0.15, 0.2) is 0 Å². The van der Waals surface area contributed by atoms with Crippen LogP contribution < -0.4 is 10.1 Å². The Morgan fingerprint density at radius 3 is 2.65 bits per heavy atom. The lowest BCUT2D eigenvalue weighted by molar-refractivity contribution is -0.121. The van der Waals surface area contributed by atoms with Crippen LogP contribution >= 0.6 is 0 Å². The Morgan fingerprint density at radius 1 is 1.15 bits per heavy atom. The number of ether oxygens (including phenoxy) is 1. The van der Waals surface area contributed by atoms with E-state index in [2.05, 4.69) is 47.7 Å². The van der Waals surface area contributed by atoms with E-state index in [4.69, 9.17) is 4.74 Å². The van der Waals surface area contributed by atoms with Gasteiger partial charge in [0, 0.05) is 36.0 Å². The second-order valence-corrected chi connectivity index (χ2v) is 6.52. The molecule has 1 atom stereocenters. The molecule has 0 fully saturated rings. The fourth-order valence-corrected chi connectivity index (χ4v) is 3.27. The van der Waals surface area contributed by atoms with Gasteiger partial charge in [0.05, 0.1) is 7.11 Å². The van der Waals surface area contributed by atoms with Crippen molar-refractivity contribution in [1.82, 2.24) is 10.3 Å². The largest absolute Gasteiger partial charge is 0.497 e. The van der Waals surface area contributed by atoms with E-state index in [-0.39, 0.29) is 11.8 Å². The number of methoxy groups -OCH3 is 1. The van der Waals surface area contributed by atoms with Gasteiger partial charge >= 0.3 is 0 Å². The minimum atomic E-state index is 0.0858. The Kier molecular flexibility index (Phi) is 5.95. The van der Waals surface area contributed by atoms with Crippen LogP contribution in [-0.4, -0.2) is 24.5 Å². The van der Waals surface area contributed by atoms with E-state index in [1.807, 2.05) is 24.3 Å². The van der Waals surface area contributed by atoms with Crippen LogP contribution in [0.5, 0.6) is 5.75 Å². The summed E-state index contributed by atoms with van der Waals surface area (Å²) in [6, 6.07) is 16.3. The quantitative estimate of drug-likeness (QED) is 0.623. The Hall–Kier alpha value is -2.75. The normalized spacial score (nSPS) is 12.1. The number of aromatic nitrogens is 1. The van der Waals surface area contributed by atoms with Crippen LogP contribution in [0.4, 0.5) is 0 Å². The zero-order valence-corrected chi connectivity index (χ0v) is 15.4. The van der Waals surface area contributed by atoms with Gasteiger partial charge in [-0.1, -0.05) is 43.7 Å². The maximum absolute atomic E-state index is 12.1. The maximum atomic E-state index is 12.1. The molecule has 1 aromatic heterocycles. The monoisotopic (exact) mass is 350 g/mol. The first-order chi connectivity index (χ1) is 12.7. The number of aromatic amines is 1. The Morgan fingerprint density at radius 2 is 1.92 bits per heavy atom. The molecule has 1 unspecified atom stereocenters. The number of carbonyl (C=O) groups excluding carboxylic acids is 1. The lowest BCUT2D eigenvalue weighted by Gasteiger charge is -2.18. The van der Waals surface area contributed by atoms with Crippen LogP contribution in [0.2, 0.25) is 0 Å². The highest BCUT2D eigenvalue weighted by Crippen LogP contribution is 2.31. The number of hydrogen-bond acceptors (Lipinski definition) is 2. The molecule has 2 aromatic carbocycles. The van der Waals surface area contributed by atoms with Gasteiger partial charge in [-0.2, -0.15) is 0 Å². The van der Waals surface area contributed by atoms with Gasteiger partial charge in [-0.25, -0.2) is 0 Å². The van der Waals surface area contributed by atoms with Crippen molar-refractivity contribution in [3.05, 3.63) is 65.9 Å². The van der Waals surface area contributed by atoms with E-state index in [1.54, 1.807) is 7.11 Å². The molecule has 0 bridgehead atoms. The van der Waals surface area contributed by atoms with E-state index in [9.17, 15) is 4.79 Å². The fourth-order valence-electron chi connectivity index (χ4n) is 3.27. The summed E-state index contributed by atoms with van der Waals surface area (Å²) in [5, 5.41) is 4.30. The molecule has 0 aliphatic rings. The first kappa shape index (κ1) is 18.1. The SMILES string of the molecule is CCCCC(=O)NCC(c1ccc(OC)cc1)c1c[nH]c2ccccc12. The molecule has 2 N–H and O–H groups in total. The predicted octanol–water partition coefficient (Wildman–Crippen LogP) is 4.61. The number of H-pyrrole nitrogens is 1. The third-order valence-corrected chi connectivity index (χ3v) is 4.78. The highest BCUT2D eigenvalue weighted by Gasteiger charge is 2.19. The van der Waals surface area contributed by atoms with Crippen LogP contribution in [0.15, 0.2) is 54.7 Å². The second-order valence-electron chi connectivity index (χ2n) is 6.52. The van der Waals surface area contributed by atoms with Crippen molar-refractivity contribution in [3.63, 3.8) is 0 Å². The van der Waals surface area contributed by atoms with Crippen molar-refractivity contribution >= 4 is 16.8 Å². The summed E-state index contributed by atoms with van der Waals surface area (Å²) in [5.41, 5.74) is 3.46. The minimum absolute atomic E-state index is 0.0858. The van der Waals surface area contributed by atoms with Crippen LogP contribution in [0, 0.1) is 0 Å². The molecule has 0 saturated carbocycles. The lowest BCUT2D eigenvalue weighted by Crippen LogP contribution is -2.28. The number of rotatable bonds is 8. The number of hydrogen-bond donors (Lipinski definition) is 2. The molecule has 3 rings (SSSR count). The Labute approximate surface area is 154 Å². The predicted molar refractivity (Wildman–Crippen MR) is 106 cm³/mol. The summed E-state index contributed by atoms with van der Waals surface area (Å²) in [7, 11) is 1.67. The molecule has 4 heteroatoms. The van der Waals surface area contributed by atoms with E-state index in [1.165, 1.54) is 10.9 Å². The van der Waals surface area contributed by atoms with Crippen molar-refractivity contribution in [2.24, 2.45) is 0 Å². The molecular weight excluding hydrogens is 324 g/mol. The lowest BCUT2D eigenvalue weighted by atomic mass is 9.90. The minimum Gasteiger partial charge on any atom is -0.497 e. The summed E-state index contributed by atoms with van der Waals surface area (Å²) in [4.78, 5) is 15.5. The van der Waals surface area contributed by atoms with Gasteiger partial charge in [-0.05, 0) is 35.7 Å². The topological polar surface area (TPSA) is 54.1 Å². The van der Waals surface area contributed by atoms with E-state index in [0.29, 0.717) is 13.0 Å².